The van der Waals surface area contributed by atoms with E-state index in [0.717, 1.165) is 13.0 Å². The van der Waals surface area contributed by atoms with Crippen molar-refractivity contribution in [3.05, 3.63) is 0 Å². The van der Waals surface area contributed by atoms with E-state index in [1.54, 1.807) is 0 Å². The highest BCUT2D eigenvalue weighted by Crippen LogP contribution is 1.73. The van der Waals surface area contributed by atoms with E-state index in [-0.39, 0.29) is 5.96 Å². The Balaban J connectivity index is 0. The van der Waals surface area contributed by atoms with Crippen molar-refractivity contribution in [3.8, 4) is 0 Å². The van der Waals surface area contributed by atoms with Gasteiger partial charge in [-0.2, -0.15) is 0 Å². The number of aliphatic imine (C=N–C) groups is 1. The molecule has 0 amide bonds. The molecule has 9 heavy (non-hydrogen) atoms. The summed E-state index contributed by atoms with van der Waals surface area (Å²) in [6, 6.07) is 0. The fourth-order valence-corrected chi connectivity index (χ4v) is 0.241. The van der Waals surface area contributed by atoms with Crippen LogP contribution < -0.4 is 11.5 Å². The molecule has 0 bridgehead atoms. The van der Waals surface area contributed by atoms with Gasteiger partial charge < -0.3 is 16.3 Å². The molecule has 0 atom stereocenters. The summed E-state index contributed by atoms with van der Waals surface area (Å²) >= 11 is 0. The van der Waals surface area contributed by atoms with Crippen LogP contribution in [0.25, 0.3) is 0 Å². The zero-order valence-electron chi connectivity index (χ0n) is 5.63. The minimum atomic E-state index is 0.182. The molecule has 4 heteroatoms. The van der Waals surface area contributed by atoms with Gasteiger partial charge in [-0.15, -0.1) is 0 Å². The average molecular weight is 131 g/mol. The lowest BCUT2D eigenvalue weighted by Crippen LogP contribution is -2.22. The Hall–Kier alpha value is -1.06. The molecule has 0 aromatic carbocycles. The number of hydrogen-bond acceptors (Lipinski definition) is 2. The molecule has 0 saturated carbocycles. The second kappa shape index (κ2) is 10.0. The van der Waals surface area contributed by atoms with Gasteiger partial charge in [0.1, 0.15) is 6.79 Å². The molecule has 4 N–H and O–H groups in total. The van der Waals surface area contributed by atoms with Crippen LogP contribution in [0.4, 0.5) is 0 Å². The third-order valence-corrected chi connectivity index (χ3v) is 0.518. The minimum absolute atomic E-state index is 0.182. The fraction of sp³-hybridized carbons (Fsp3) is 0.600. The zero-order chi connectivity index (χ0) is 7.70. The quantitative estimate of drug-likeness (QED) is 0.391. The summed E-state index contributed by atoms with van der Waals surface area (Å²) < 4.78 is 0. The number of nitrogens with two attached hydrogens (primary N) is 2. The summed E-state index contributed by atoms with van der Waals surface area (Å²) in [5.41, 5.74) is 10.0. The summed E-state index contributed by atoms with van der Waals surface area (Å²) in [7, 11) is 0. The topological polar surface area (TPSA) is 81.5 Å². The molecule has 0 aliphatic rings. The van der Waals surface area contributed by atoms with Gasteiger partial charge in [-0.1, -0.05) is 6.92 Å². The van der Waals surface area contributed by atoms with Gasteiger partial charge in [-0.05, 0) is 6.42 Å². The maximum absolute atomic E-state index is 8.00. The van der Waals surface area contributed by atoms with Crippen molar-refractivity contribution in [2.24, 2.45) is 16.5 Å². The summed E-state index contributed by atoms with van der Waals surface area (Å²) in [4.78, 5) is 11.7. The van der Waals surface area contributed by atoms with Crippen molar-refractivity contribution in [2.45, 2.75) is 13.3 Å². The van der Waals surface area contributed by atoms with Gasteiger partial charge in [0.15, 0.2) is 5.96 Å². The van der Waals surface area contributed by atoms with E-state index in [4.69, 9.17) is 16.3 Å². The predicted octanol–water partition coefficient (Wildman–Crippen LogP) is -0.515. The average Bonchev–Trinajstić information content (AvgIpc) is 1.88. The molecule has 0 spiro atoms. The first-order valence-electron chi connectivity index (χ1n) is 2.61. The summed E-state index contributed by atoms with van der Waals surface area (Å²) in [5.74, 6) is 0.182. The van der Waals surface area contributed by atoms with E-state index in [2.05, 4.69) is 4.99 Å². The molecule has 54 valence electrons. The zero-order valence-corrected chi connectivity index (χ0v) is 5.63. The van der Waals surface area contributed by atoms with Crippen molar-refractivity contribution < 1.29 is 4.79 Å². The summed E-state index contributed by atoms with van der Waals surface area (Å²) in [6.07, 6.45) is 0.998. The second-order valence-corrected chi connectivity index (χ2v) is 1.31. The number of carbonyl (C=O) groups is 1. The lowest BCUT2D eigenvalue weighted by Gasteiger charge is -1.86. The van der Waals surface area contributed by atoms with E-state index in [1.807, 2.05) is 13.7 Å². The normalized spacial score (nSPS) is 6.78. The number of hydrogen-bond donors (Lipinski definition) is 2. The van der Waals surface area contributed by atoms with E-state index in [1.165, 1.54) is 0 Å². The molecule has 4 nitrogen and oxygen atoms in total. The Labute approximate surface area is 54.9 Å². The van der Waals surface area contributed by atoms with Crippen LogP contribution >= 0.6 is 0 Å². The molecule has 0 rings (SSSR count). The van der Waals surface area contributed by atoms with Gasteiger partial charge in [0, 0.05) is 6.54 Å². The van der Waals surface area contributed by atoms with Gasteiger partial charge in [0.05, 0.1) is 0 Å². The van der Waals surface area contributed by atoms with Gasteiger partial charge in [-0.25, -0.2) is 0 Å². The Kier molecular flexibility index (Phi) is 12.1. The first-order valence-corrected chi connectivity index (χ1v) is 2.61. The molecule has 0 radical (unpaired) electrons. The Bertz CT molecular complexity index is 78.3. The molecule has 0 unspecified atom stereocenters. The predicted molar refractivity (Wildman–Crippen MR) is 38.1 cm³/mol. The van der Waals surface area contributed by atoms with Crippen LogP contribution in [0.5, 0.6) is 0 Å². The summed E-state index contributed by atoms with van der Waals surface area (Å²) in [6.45, 7) is 4.76. The monoisotopic (exact) mass is 131 g/mol. The van der Waals surface area contributed by atoms with Crippen LogP contribution in [0.15, 0.2) is 4.99 Å². The standard InChI is InChI=1S/C4H11N3.CH2O/c1-2-3-7-4(5)6;1-2/h2-3H2,1H3,(H4,5,6,7);1H2. The Morgan fingerprint density at radius 2 is 2.00 bits per heavy atom. The highest BCUT2D eigenvalue weighted by atomic mass is 16.1. The summed E-state index contributed by atoms with van der Waals surface area (Å²) in [5, 5.41) is 0. The highest BCUT2D eigenvalue weighted by Gasteiger charge is 1.74. The number of rotatable bonds is 2. The van der Waals surface area contributed by atoms with Gasteiger partial charge >= 0.3 is 0 Å². The van der Waals surface area contributed by atoms with E-state index in [9.17, 15) is 0 Å². The number of carbonyl (C=O) groups excluding carboxylic acids is 1. The lowest BCUT2D eigenvalue weighted by molar-refractivity contribution is -0.0979. The van der Waals surface area contributed by atoms with Crippen molar-refractivity contribution in [1.29, 1.82) is 0 Å². The van der Waals surface area contributed by atoms with E-state index in [0.29, 0.717) is 0 Å². The molecule has 0 aliphatic heterocycles. The largest absolute Gasteiger partial charge is 0.370 e. The van der Waals surface area contributed by atoms with Crippen LogP contribution in [0, 0.1) is 0 Å². The molecular weight excluding hydrogens is 118 g/mol. The molecule has 0 aromatic heterocycles. The molecular formula is C5H13N3O. The van der Waals surface area contributed by atoms with Crippen LogP contribution in [-0.2, 0) is 4.79 Å². The lowest BCUT2D eigenvalue weighted by atomic mass is 10.5. The second-order valence-electron chi connectivity index (χ2n) is 1.31. The minimum Gasteiger partial charge on any atom is -0.370 e. The molecule has 0 aliphatic carbocycles. The Morgan fingerprint density at radius 3 is 2.11 bits per heavy atom. The van der Waals surface area contributed by atoms with Crippen LogP contribution in [0.2, 0.25) is 0 Å². The first-order chi connectivity index (χ1) is 4.27. The number of nitrogens with zero attached hydrogens (tertiary/aromatic N) is 1. The van der Waals surface area contributed by atoms with Crippen LogP contribution in [0.3, 0.4) is 0 Å². The highest BCUT2D eigenvalue weighted by molar-refractivity contribution is 5.75. The van der Waals surface area contributed by atoms with Crippen LogP contribution in [0.1, 0.15) is 13.3 Å². The van der Waals surface area contributed by atoms with Crippen molar-refractivity contribution in [3.63, 3.8) is 0 Å². The van der Waals surface area contributed by atoms with Crippen molar-refractivity contribution in [2.75, 3.05) is 6.54 Å². The molecule has 0 fully saturated rings. The van der Waals surface area contributed by atoms with Crippen LogP contribution in [-0.4, -0.2) is 19.3 Å². The Morgan fingerprint density at radius 1 is 1.56 bits per heavy atom. The first kappa shape index (κ1) is 10.8. The third-order valence-electron chi connectivity index (χ3n) is 0.518. The van der Waals surface area contributed by atoms with Crippen molar-refractivity contribution in [1.82, 2.24) is 0 Å². The molecule has 0 heterocycles. The van der Waals surface area contributed by atoms with E-state index < -0.39 is 0 Å². The maximum atomic E-state index is 8.00. The number of guanidine groups is 1. The van der Waals surface area contributed by atoms with Crippen molar-refractivity contribution >= 4 is 12.7 Å². The molecule has 0 aromatic rings. The fourth-order valence-electron chi connectivity index (χ4n) is 0.241. The van der Waals surface area contributed by atoms with E-state index >= 15 is 0 Å². The van der Waals surface area contributed by atoms with Gasteiger partial charge in [-0.3, -0.25) is 4.99 Å². The SMILES string of the molecule is C=O.CCCN=C(N)N. The molecule has 0 saturated heterocycles. The maximum Gasteiger partial charge on any atom is 0.185 e. The van der Waals surface area contributed by atoms with Gasteiger partial charge in [0.25, 0.3) is 0 Å². The smallest absolute Gasteiger partial charge is 0.185 e. The van der Waals surface area contributed by atoms with Gasteiger partial charge in [0.2, 0.25) is 0 Å². The third kappa shape index (κ3) is 19.6.